The van der Waals surface area contributed by atoms with Gasteiger partial charge in [0.25, 0.3) is 5.91 Å². The number of aromatic nitrogens is 4. The molecule has 1 N–H and O–H groups in total. The molecule has 0 unspecified atom stereocenters. The number of ether oxygens (including phenoxy) is 1. The lowest BCUT2D eigenvalue weighted by molar-refractivity contribution is 0.0744. The van der Waals surface area contributed by atoms with Crippen LogP contribution in [0.15, 0.2) is 36.5 Å². The van der Waals surface area contributed by atoms with Gasteiger partial charge in [-0.1, -0.05) is 25.5 Å². The Hall–Kier alpha value is -3.22. The van der Waals surface area contributed by atoms with Crippen molar-refractivity contribution < 1.29 is 9.53 Å². The molecular formula is C21H23N5O2. The highest BCUT2D eigenvalue weighted by molar-refractivity contribution is 5.92. The zero-order valence-corrected chi connectivity index (χ0v) is 16.1. The lowest BCUT2D eigenvalue weighted by atomic mass is 10.1. The van der Waals surface area contributed by atoms with E-state index in [2.05, 4.69) is 27.1 Å². The highest BCUT2D eigenvalue weighted by atomic mass is 16.5. The molecule has 28 heavy (non-hydrogen) atoms. The molecule has 7 heteroatoms. The molecule has 0 saturated carbocycles. The number of H-pyrrole nitrogens is 1. The van der Waals surface area contributed by atoms with Gasteiger partial charge in [0, 0.05) is 30.4 Å². The molecule has 3 aromatic rings. The zero-order chi connectivity index (χ0) is 19.5. The number of amides is 1. The number of rotatable bonds is 6. The van der Waals surface area contributed by atoms with Crippen LogP contribution in [0.1, 0.15) is 52.2 Å². The fourth-order valence-electron chi connectivity index (χ4n) is 3.38. The van der Waals surface area contributed by atoms with Gasteiger partial charge in [-0.2, -0.15) is 5.10 Å². The van der Waals surface area contributed by atoms with E-state index in [1.165, 1.54) is 0 Å². The highest BCUT2D eigenvalue weighted by Gasteiger charge is 2.27. The first kappa shape index (κ1) is 18.2. The number of carbonyl (C=O) groups is 1. The number of fused-ring (bicyclic) bond motifs is 1. The van der Waals surface area contributed by atoms with Crippen molar-refractivity contribution in [1.82, 2.24) is 25.1 Å². The molecule has 0 bridgehead atoms. The van der Waals surface area contributed by atoms with Crippen LogP contribution in [0.3, 0.4) is 0 Å². The summed E-state index contributed by atoms with van der Waals surface area (Å²) in [6.07, 6.45) is 4.38. The van der Waals surface area contributed by atoms with Crippen LogP contribution in [0.2, 0.25) is 0 Å². The molecule has 4 rings (SSSR count). The number of aromatic amines is 1. The van der Waals surface area contributed by atoms with Crippen LogP contribution in [0.4, 0.5) is 0 Å². The number of hydrogen-bond acceptors (Lipinski definition) is 5. The minimum Gasteiger partial charge on any atom is -0.497 e. The van der Waals surface area contributed by atoms with Crippen LogP contribution in [0.25, 0.3) is 0 Å². The Morgan fingerprint density at radius 2 is 2.07 bits per heavy atom. The van der Waals surface area contributed by atoms with E-state index in [0.717, 1.165) is 46.9 Å². The predicted molar refractivity (Wildman–Crippen MR) is 104 cm³/mol. The minimum absolute atomic E-state index is 0.0756. The number of nitrogens with one attached hydrogen (secondary N) is 1. The first-order valence-corrected chi connectivity index (χ1v) is 9.46. The van der Waals surface area contributed by atoms with Crippen molar-refractivity contribution >= 4 is 5.91 Å². The van der Waals surface area contributed by atoms with E-state index in [1.807, 2.05) is 36.5 Å². The molecule has 0 aliphatic carbocycles. The maximum Gasteiger partial charge on any atom is 0.275 e. The Morgan fingerprint density at radius 3 is 2.82 bits per heavy atom. The van der Waals surface area contributed by atoms with E-state index >= 15 is 0 Å². The molecule has 2 aromatic heterocycles. The second-order valence-corrected chi connectivity index (χ2v) is 6.97. The third kappa shape index (κ3) is 3.74. The van der Waals surface area contributed by atoms with Gasteiger partial charge in [-0.05, 0) is 30.2 Å². The molecule has 0 radical (unpaired) electrons. The number of hydrogen-bond donors (Lipinski definition) is 1. The van der Waals surface area contributed by atoms with Crippen molar-refractivity contribution in [2.75, 3.05) is 7.11 Å². The predicted octanol–water partition coefficient (Wildman–Crippen LogP) is 2.91. The van der Waals surface area contributed by atoms with Gasteiger partial charge in [-0.3, -0.25) is 9.89 Å². The average molecular weight is 377 g/mol. The molecule has 7 nitrogen and oxygen atoms in total. The summed E-state index contributed by atoms with van der Waals surface area (Å²) in [6.45, 7) is 3.11. The minimum atomic E-state index is -0.0756. The summed E-state index contributed by atoms with van der Waals surface area (Å²) in [4.78, 5) is 23.7. The topological polar surface area (TPSA) is 84.0 Å². The van der Waals surface area contributed by atoms with Gasteiger partial charge >= 0.3 is 0 Å². The Bertz CT molecular complexity index is 981. The van der Waals surface area contributed by atoms with Gasteiger partial charge in [0.15, 0.2) is 0 Å². The van der Waals surface area contributed by atoms with Crippen molar-refractivity contribution in [2.45, 2.75) is 39.3 Å². The first-order valence-electron chi connectivity index (χ1n) is 9.46. The molecule has 144 valence electrons. The number of benzene rings is 1. The van der Waals surface area contributed by atoms with Gasteiger partial charge in [-0.15, -0.1) is 0 Å². The smallest absolute Gasteiger partial charge is 0.275 e. The molecule has 1 aromatic carbocycles. The summed E-state index contributed by atoms with van der Waals surface area (Å²) >= 11 is 0. The van der Waals surface area contributed by atoms with Crippen molar-refractivity contribution in [2.24, 2.45) is 0 Å². The molecule has 1 aliphatic heterocycles. The highest BCUT2D eigenvalue weighted by Crippen LogP contribution is 2.23. The molecule has 1 amide bonds. The Morgan fingerprint density at radius 1 is 1.25 bits per heavy atom. The third-order valence-electron chi connectivity index (χ3n) is 4.88. The normalized spacial score (nSPS) is 12.9. The standard InChI is InChI=1S/C21H23N5O2/c1-3-4-16-10-18(25-24-16)21(27)26-12-15-11-22-20(23-19(15)13-26)9-14-5-7-17(28-2)8-6-14/h5-8,10-11H,3-4,9,12-13H2,1-2H3,(H,24,25). The van der Waals surface area contributed by atoms with E-state index in [0.29, 0.717) is 25.2 Å². The fourth-order valence-corrected chi connectivity index (χ4v) is 3.38. The molecule has 0 fully saturated rings. The van der Waals surface area contributed by atoms with Gasteiger partial charge in [0.05, 0.1) is 19.3 Å². The third-order valence-corrected chi connectivity index (χ3v) is 4.88. The molecule has 0 atom stereocenters. The molecular weight excluding hydrogens is 354 g/mol. The monoisotopic (exact) mass is 377 g/mol. The van der Waals surface area contributed by atoms with E-state index in [-0.39, 0.29) is 5.91 Å². The van der Waals surface area contributed by atoms with Crippen LogP contribution in [-0.2, 0) is 25.9 Å². The summed E-state index contributed by atoms with van der Waals surface area (Å²) in [6, 6.07) is 9.72. The second kappa shape index (κ2) is 7.80. The van der Waals surface area contributed by atoms with Crippen LogP contribution in [-0.4, -0.2) is 38.1 Å². The number of carbonyl (C=O) groups excluding carboxylic acids is 1. The van der Waals surface area contributed by atoms with Gasteiger partial charge < -0.3 is 9.64 Å². The maximum absolute atomic E-state index is 12.8. The van der Waals surface area contributed by atoms with Crippen molar-refractivity contribution in [3.8, 4) is 5.75 Å². The van der Waals surface area contributed by atoms with Gasteiger partial charge in [-0.25, -0.2) is 9.97 Å². The first-order chi connectivity index (χ1) is 13.7. The van der Waals surface area contributed by atoms with Crippen molar-refractivity contribution in [1.29, 1.82) is 0 Å². The molecule has 0 spiro atoms. The number of methoxy groups -OCH3 is 1. The Labute approximate surface area is 163 Å². The van der Waals surface area contributed by atoms with Crippen LogP contribution < -0.4 is 4.74 Å². The average Bonchev–Trinajstić information content (AvgIpc) is 3.35. The van der Waals surface area contributed by atoms with Gasteiger partial charge in [0.2, 0.25) is 0 Å². The van der Waals surface area contributed by atoms with E-state index in [9.17, 15) is 4.79 Å². The largest absolute Gasteiger partial charge is 0.497 e. The second-order valence-electron chi connectivity index (χ2n) is 6.97. The van der Waals surface area contributed by atoms with E-state index < -0.39 is 0 Å². The maximum atomic E-state index is 12.8. The number of nitrogens with zero attached hydrogens (tertiary/aromatic N) is 4. The molecule has 1 aliphatic rings. The van der Waals surface area contributed by atoms with Gasteiger partial charge in [0.1, 0.15) is 17.3 Å². The summed E-state index contributed by atoms with van der Waals surface area (Å²) < 4.78 is 5.19. The summed E-state index contributed by atoms with van der Waals surface area (Å²) in [5.74, 6) is 1.50. The fraction of sp³-hybridized carbons (Fsp3) is 0.333. The number of aryl methyl sites for hydroxylation is 1. The Kier molecular flexibility index (Phi) is 5.06. The van der Waals surface area contributed by atoms with Crippen molar-refractivity contribution in [3.05, 3.63) is 70.6 Å². The summed E-state index contributed by atoms with van der Waals surface area (Å²) in [5, 5.41) is 7.11. The van der Waals surface area contributed by atoms with E-state index in [4.69, 9.17) is 4.74 Å². The lowest BCUT2D eigenvalue weighted by Gasteiger charge is -2.12. The van der Waals surface area contributed by atoms with Crippen LogP contribution in [0.5, 0.6) is 5.75 Å². The molecule has 3 heterocycles. The Balaban J connectivity index is 1.45. The van der Waals surface area contributed by atoms with Crippen LogP contribution >= 0.6 is 0 Å². The lowest BCUT2D eigenvalue weighted by Crippen LogP contribution is -2.25. The van der Waals surface area contributed by atoms with E-state index in [1.54, 1.807) is 12.0 Å². The van der Waals surface area contributed by atoms with Crippen molar-refractivity contribution in [3.63, 3.8) is 0 Å². The van der Waals surface area contributed by atoms with Crippen LogP contribution in [0, 0.1) is 0 Å². The summed E-state index contributed by atoms with van der Waals surface area (Å²) in [7, 11) is 1.65. The molecule has 0 saturated heterocycles. The SMILES string of the molecule is CCCc1cc(C(=O)N2Cc3cnc(Cc4ccc(OC)cc4)nc3C2)n[nH]1. The summed E-state index contributed by atoms with van der Waals surface area (Å²) in [5.41, 5.74) is 4.48. The zero-order valence-electron chi connectivity index (χ0n) is 16.1. The quantitative estimate of drug-likeness (QED) is 0.714.